The molecule has 238 valence electrons. The second-order valence-corrected chi connectivity index (χ2v) is 13.1. The zero-order valence-corrected chi connectivity index (χ0v) is 27.7. The Balaban J connectivity index is 1.22. The Kier molecular flexibility index (Phi) is 6.85. The van der Waals surface area contributed by atoms with Crippen LogP contribution in [0, 0.1) is 13.8 Å². The van der Waals surface area contributed by atoms with Gasteiger partial charge in [0.2, 0.25) is 0 Å². The molecule has 0 spiro atoms. The van der Waals surface area contributed by atoms with E-state index in [4.69, 9.17) is 0 Å². The van der Waals surface area contributed by atoms with Crippen LogP contribution in [0.1, 0.15) is 31.8 Å². The van der Waals surface area contributed by atoms with E-state index in [1.54, 1.807) is 6.07 Å². The molecule has 1 aromatic heterocycles. The maximum atomic E-state index is 14.7. The Morgan fingerprint density at radius 1 is 0.400 bits per heavy atom. The Hall–Kier alpha value is -6.52. The van der Waals surface area contributed by atoms with E-state index in [0.717, 1.165) is 49.6 Å². The van der Waals surface area contributed by atoms with Crippen LogP contribution in [0.15, 0.2) is 158 Å². The molecule has 2 heterocycles. The van der Waals surface area contributed by atoms with Crippen LogP contribution >= 0.6 is 0 Å². The van der Waals surface area contributed by atoms with E-state index in [1.165, 1.54) is 21.6 Å². The number of aryl methyl sites for hydroxylation is 2. The monoisotopic (exact) mass is 644 g/mol. The van der Waals surface area contributed by atoms with E-state index >= 15 is 0 Å². The molecule has 2 amide bonds. The normalized spacial score (nSPS) is 12.6. The van der Waals surface area contributed by atoms with E-state index in [9.17, 15) is 9.59 Å². The molecular formula is C46H32N2O2. The zero-order valence-electron chi connectivity index (χ0n) is 27.7. The Morgan fingerprint density at radius 2 is 1.04 bits per heavy atom. The third-order valence-corrected chi connectivity index (χ3v) is 9.79. The maximum absolute atomic E-state index is 14.7. The summed E-state index contributed by atoms with van der Waals surface area (Å²) in [6, 6.07) is 53.1. The summed E-state index contributed by atoms with van der Waals surface area (Å²) >= 11 is 0. The number of carbonyl (C=O) groups excluding carboxylic acids is 2. The molecule has 0 saturated heterocycles. The minimum absolute atomic E-state index is 0.325. The molecule has 0 bridgehead atoms. The molecule has 1 aliphatic rings. The highest BCUT2D eigenvalue weighted by Crippen LogP contribution is 2.42. The van der Waals surface area contributed by atoms with Crippen molar-refractivity contribution in [2.75, 3.05) is 4.90 Å². The number of aromatic nitrogens is 1. The lowest BCUT2D eigenvalue weighted by Crippen LogP contribution is -2.30. The third-order valence-electron chi connectivity index (χ3n) is 9.79. The molecule has 4 heteroatoms. The van der Waals surface area contributed by atoms with E-state index in [2.05, 4.69) is 85.1 Å². The van der Waals surface area contributed by atoms with Crippen molar-refractivity contribution >= 4 is 39.3 Å². The number of anilines is 1. The molecule has 50 heavy (non-hydrogen) atoms. The number of amides is 2. The van der Waals surface area contributed by atoms with Crippen molar-refractivity contribution in [3.8, 4) is 39.1 Å². The standard InChI is InChI=1S/C46H32N2O2/c1-29-24-30(2)26-35(25-29)34-21-23-42-39(28-34)36-16-9-10-18-40(36)47(42)43-19-11-17-37-44(43)46(50)48(45(37)49)41-22-20-33(31-12-5-3-6-13-31)27-38(41)32-14-7-4-8-15-32/h3-28H,1-2H3. The molecule has 0 aliphatic carbocycles. The van der Waals surface area contributed by atoms with Gasteiger partial charge in [0.25, 0.3) is 11.8 Å². The predicted octanol–water partition coefficient (Wildman–Crippen LogP) is 11.2. The van der Waals surface area contributed by atoms with Crippen molar-refractivity contribution in [3.05, 3.63) is 180 Å². The molecule has 4 nitrogen and oxygen atoms in total. The first-order valence-electron chi connectivity index (χ1n) is 16.9. The lowest BCUT2D eigenvalue weighted by atomic mass is 9.97. The van der Waals surface area contributed by atoms with Crippen LogP contribution < -0.4 is 4.90 Å². The summed E-state index contributed by atoms with van der Waals surface area (Å²) in [7, 11) is 0. The van der Waals surface area contributed by atoms with Crippen molar-refractivity contribution < 1.29 is 9.59 Å². The summed E-state index contributed by atoms with van der Waals surface area (Å²) in [5, 5.41) is 2.18. The van der Waals surface area contributed by atoms with Crippen LogP contribution in [0.2, 0.25) is 0 Å². The summed E-state index contributed by atoms with van der Waals surface area (Å²) in [6.45, 7) is 4.25. The summed E-state index contributed by atoms with van der Waals surface area (Å²) in [5.41, 5.74) is 12.6. The van der Waals surface area contributed by atoms with Crippen LogP contribution in [0.4, 0.5) is 5.69 Å². The molecular weight excluding hydrogens is 613 g/mol. The van der Waals surface area contributed by atoms with Gasteiger partial charge in [-0.3, -0.25) is 9.59 Å². The van der Waals surface area contributed by atoms with Gasteiger partial charge in [0.05, 0.1) is 33.5 Å². The van der Waals surface area contributed by atoms with E-state index in [1.807, 2.05) is 84.9 Å². The fourth-order valence-electron chi connectivity index (χ4n) is 7.62. The molecule has 0 atom stereocenters. The topological polar surface area (TPSA) is 42.3 Å². The first-order chi connectivity index (χ1) is 24.5. The molecule has 1 aliphatic heterocycles. The number of carbonyl (C=O) groups is 2. The maximum Gasteiger partial charge on any atom is 0.268 e. The van der Waals surface area contributed by atoms with Gasteiger partial charge >= 0.3 is 0 Å². The van der Waals surface area contributed by atoms with E-state index in [0.29, 0.717) is 22.5 Å². The van der Waals surface area contributed by atoms with Gasteiger partial charge in [-0.25, -0.2) is 4.90 Å². The minimum atomic E-state index is -0.331. The highest BCUT2D eigenvalue weighted by atomic mass is 16.2. The molecule has 9 rings (SSSR count). The molecule has 0 radical (unpaired) electrons. The number of hydrogen-bond donors (Lipinski definition) is 0. The van der Waals surface area contributed by atoms with E-state index in [-0.39, 0.29) is 11.8 Å². The van der Waals surface area contributed by atoms with Crippen molar-refractivity contribution in [1.82, 2.24) is 4.57 Å². The average Bonchev–Trinajstić information content (AvgIpc) is 3.61. The number of para-hydroxylation sites is 1. The van der Waals surface area contributed by atoms with Crippen LogP contribution in [-0.4, -0.2) is 16.4 Å². The molecule has 8 aromatic rings. The van der Waals surface area contributed by atoms with Crippen LogP contribution in [0.25, 0.3) is 60.9 Å². The average molecular weight is 645 g/mol. The molecule has 0 saturated carbocycles. The largest absolute Gasteiger partial charge is 0.308 e. The van der Waals surface area contributed by atoms with Gasteiger partial charge in [0, 0.05) is 16.3 Å². The van der Waals surface area contributed by atoms with Crippen LogP contribution in [-0.2, 0) is 0 Å². The Bertz CT molecular complexity index is 2630. The second-order valence-electron chi connectivity index (χ2n) is 13.1. The molecule has 0 N–H and O–H groups in total. The van der Waals surface area contributed by atoms with Gasteiger partial charge < -0.3 is 4.57 Å². The lowest BCUT2D eigenvalue weighted by Gasteiger charge is -2.20. The quantitative estimate of drug-likeness (QED) is 0.175. The summed E-state index contributed by atoms with van der Waals surface area (Å²) in [5.74, 6) is -0.655. The first kappa shape index (κ1) is 29.6. The third kappa shape index (κ3) is 4.68. The van der Waals surface area contributed by atoms with Gasteiger partial charge in [-0.1, -0.05) is 126 Å². The minimum Gasteiger partial charge on any atom is -0.308 e. The molecule has 7 aromatic carbocycles. The fraction of sp³-hybridized carbons (Fsp3) is 0.0435. The summed E-state index contributed by atoms with van der Waals surface area (Å²) < 4.78 is 2.14. The first-order valence-corrected chi connectivity index (χ1v) is 16.9. The number of imide groups is 1. The highest BCUT2D eigenvalue weighted by Gasteiger charge is 2.40. The van der Waals surface area contributed by atoms with Crippen molar-refractivity contribution in [2.24, 2.45) is 0 Å². The van der Waals surface area contributed by atoms with Gasteiger partial charge in [0.1, 0.15) is 0 Å². The van der Waals surface area contributed by atoms with Gasteiger partial charge in [-0.15, -0.1) is 0 Å². The van der Waals surface area contributed by atoms with Gasteiger partial charge in [-0.2, -0.15) is 0 Å². The Labute approximate surface area is 290 Å². The number of nitrogens with zero attached hydrogens (tertiary/aromatic N) is 2. The Morgan fingerprint density at radius 3 is 1.80 bits per heavy atom. The van der Waals surface area contributed by atoms with Gasteiger partial charge in [-0.05, 0) is 84.1 Å². The highest BCUT2D eigenvalue weighted by molar-refractivity contribution is 6.36. The SMILES string of the molecule is Cc1cc(C)cc(-c2ccc3c(c2)c2ccccc2n3-c2cccc3c2C(=O)N(c2ccc(-c4ccccc4)cc2-c2ccccc2)C3=O)c1. The summed E-state index contributed by atoms with van der Waals surface area (Å²) in [4.78, 5) is 30.4. The molecule has 0 unspecified atom stereocenters. The summed E-state index contributed by atoms with van der Waals surface area (Å²) in [6.07, 6.45) is 0. The number of rotatable bonds is 5. The van der Waals surface area contributed by atoms with Crippen LogP contribution in [0.3, 0.4) is 0 Å². The zero-order chi connectivity index (χ0) is 33.9. The number of benzene rings is 7. The van der Waals surface area contributed by atoms with E-state index < -0.39 is 0 Å². The van der Waals surface area contributed by atoms with Crippen LogP contribution in [0.5, 0.6) is 0 Å². The number of fused-ring (bicyclic) bond motifs is 4. The number of hydrogen-bond acceptors (Lipinski definition) is 2. The lowest BCUT2D eigenvalue weighted by molar-refractivity contribution is 0.0926. The second kappa shape index (κ2) is 11.6. The van der Waals surface area contributed by atoms with Gasteiger partial charge in [0.15, 0.2) is 0 Å². The van der Waals surface area contributed by atoms with Crippen molar-refractivity contribution in [3.63, 3.8) is 0 Å². The fourth-order valence-corrected chi connectivity index (χ4v) is 7.62. The predicted molar refractivity (Wildman–Crippen MR) is 204 cm³/mol. The van der Waals surface area contributed by atoms with Crippen molar-refractivity contribution in [2.45, 2.75) is 13.8 Å². The van der Waals surface area contributed by atoms with Crippen molar-refractivity contribution in [1.29, 1.82) is 0 Å². The smallest absolute Gasteiger partial charge is 0.268 e. The molecule has 0 fully saturated rings.